The minimum atomic E-state index is -0.790. The summed E-state index contributed by atoms with van der Waals surface area (Å²) in [6.45, 7) is 3.92. The van der Waals surface area contributed by atoms with Crippen LogP contribution in [0.2, 0.25) is 0 Å². The summed E-state index contributed by atoms with van der Waals surface area (Å²) in [5.74, 6) is 0.610. The number of hydrogen-bond donors (Lipinski definition) is 0. The molecule has 158 valence electrons. The van der Waals surface area contributed by atoms with Crippen LogP contribution in [-0.2, 0) is 9.47 Å². The third-order valence-corrected chi connectivity index (χ3v) is 6.12. The van der Waals surface area contributed by atoms with Crippen molar-refractivity contribution in [1.29, 1.82) is 0 Å². The van der Waals surface area contributed by atoms with Gasteiger partial charge in [-0.25, -0.2) is 14.5 Å². The van der Waals surface area contributed by atoms with E-state index < -0.39 is 23.9 Å². The topological polar surface area (TPSA) is 75.5 Å². The Kier molecular flexibility index (Phi) is 7.10. The minimum Gasteiger partial charge on any atom is -0.465 e. The van der Waals surface area contributed by atoms with E-state index >= 15 is 0 Å². The molecule has 0 amide bonds. The van der Waals surface area contributed by atoms with Crippen LogP contribution in [0.5, 0.6) is 5.75 Å². The second-order valence-electron chi connectivity index (χ2n) is 7.39. The minimum absolute atomic E-state index is 0.491. The molecule has 0 aliphatic heterocycles. The van der Waals surface area contributed by atoms with Crippen LogP contribution in [0, 0.1) is 5.41 Å². The molecule has 2 aromatic carbocycles. The summed E-state index contributed by atoms with van der Waals surface area (Å²) in [5, 5.41) is 4.77. The van der Waals surface area contributed by atoms with E-state index in [9.17, 15) is 4.79 Å². The van der Waals surface area contributed by atoms with Gasteiger partial charge in [-0.05, 0) is 23.3 Å². The van der Waals surface area contributed by atoms with E-state index in [4.69, 9.17) is 14.2 Å². The van der Waals surface area contributed by atoms with Crippen LogP contribution in [-0.4, -0.2) is 39.5 Å². The first-order chi connectivity index (χ1) is 14.4. The van der Waals surface area contributed by atoms with Gasteiger partial charge in [-0.15, -0.1) is 0 Å². The molecule has 0 N–H and O–H groups in total. The van der Waals surface area contributed by atoms with Crippen molar-refractivity contribution in [3.8, 4) is 16.9 Å². The summed E-state index contributed by atoms with van der Waals surface area (Å²) in [7, 11) is 1.27. The number of rotatable bonds is 8. The number of halogens is 1. The first-order valence-corrected chi connectivity index (χ1v) is 10.5. The fourth-order valence-electron chi connectivity index (χ4n) is 2.93. The maximum Gasteiger partial charge on any atom is 0.508 e. The monoisotopic (exact) mass is 473 g/mol. The zero-order valence-corrected chi connectivity index (χ0v) is 18.7. The molecule has 2 atom stereocenters. The standard InChI is InChI=1S/C22H24BrN3O4/c1-22(2,13-23)19(30-21(27)28-3)20(26-15-24-14-25-26)29-18-11-9-17(10-12-18)16-7-5-4-6-8-16/h4-12,14-15,19-20H,13H2,1-3H3. The van der Waals surface area contributed by atoms with E-state index in [0.29, 0.717) is 11.1 Å². The lowest BCUT2D eigenvalue weighted by Crippen LogP contribution is -2.44. The quantitative estimate of drug-likeness (QED) is 0.334. The number of ether oxygens (including phenoxy) is 3. The van der Waals surface area contributed by atoms with Gasteiger partial charge >= 0.3 is 6.16 Å². The molecule has 0 spiro atoms. The molecule has 1 heterocycles. The number of methoxy groups -OCH3 is 1. The van der Waals surface area contributed by atoms with E-state index in [1.54, 1.807) is 0 Å². The predicted octanol–water partition coefficient (Wildman–Crippen LogP) is 5.10. The van der Waals surface area contributed by atoms with Gasteiger partial charge in [-0.3, -0.25) is 0 Å². The molecule has 30 heavy (non-hydrogen) atoms. The first-order valence-electron chi connectivity index (χ1n) is 9.41. The number of benzene rings is 2. The smallest absolute Gasteiger partial charge is 0.465 e. The van der Waals surface area contributed by atoms with Crippen molar-refractivity contribution in [2.45, 2.75) is 26.2 Å². The average molecular weight is 474 g/mol. The molecule has 1 aromatic heterocycles. The van der Waals surface area contributed by atoms with Crippen molar-refractivity contribution in [1.82, 2.24) is 14.8 Å². The normalized spacial score (nSPS) is 13.3. The molecule has 7 nitrogen and oxygen atoms in total. The molecule has 0 radical (unpaired) electrons. The summed E-state index contributed by atoms with van der Waals surface area (Å²) in [6.07, 6.45) is 0.690. The Bertz CT molecular complexity index is 931. The molecule has 0 aliphatic rings. The molecule has 8 heteroatoms. The van der Waals surface area contributed by atoms with E-state index in [0.717, 1.165) is 11.1 Å². The fourth-order valence-corrected chi connectivity index (χ4v) is 3.25. The third-order valence-electron chi connectivity index (χ3n) is 4.68. The maximum atomic E-state index is 12.0. The first kappa shape index (κ1) is 21.8. The predicted molar refractivity (Wildman–Crippen MR) is 116 cm³/mol. The number of hydrogen-bond acceptors (Lipinski definition) is 6. The molecular weight excluding hydrogens is 450 g/mol. The van der Waals surface area contributed by atoms with E-state index in [-0.39, 0.29) is 0 Å². The van der Waals surface area contributed by atoms with Crippen molar-refractivity contribution in [2.75, 3.05) is 12.4 Å². The molecule has 3 rings (SSSR count). The Morgan fingerprint density at radius 3 is 2.33 bits per heavy atom. The molecule has 2 unspecified atom stereocenters. The lowest BCUT2D eigenvalue weighted by Gasteiger charge is -2.36. The largest absolute Gasteiger partial charge is 0.508 e. The Morgan fingerprint density at radius 1 is 1.10 bits per heavy atom. The van der Waals surface area contributed by atoms with Crippen LogP contribution in [0.1, 0.15) is 20.1 Å². The van der Waals surface area contributed by atoms with Crippen LogP contribution >= 0.6 is 15.9 Å². The number of nitrogens with zero attached hydrogens (tertiary/aromatic N) is 3. The highest BCUT2D eigenvalue weighted by Gasteiger charge is 2.42. The van der Waals surface area contributed by atoms with Gasteiger partial charge in [0.05, 0.1) is 7.11 Å². The van der Waals surface area contributed by atoms with Gasteiger partial charge in [0.25, 0.3) is 0 Å². The van der Waals surface area contributed by atoms with Crippen molar-refractivity contribution >= 4 is 22.1 Å². The molecule has 0 bridgehead atoms. The van der Waals surface area contributed by atoms with Gasteiger partial charge in [0, 0.05) is 10.7 Å². The second-order valence-corrected chi connectivity index (χ2v) is 7.95. The third kappa shape index (κ3) is 5.18. The van der Waals surface area contributed by atoms with Crippen LogP contribution in [0.3, 0.4) is 0 Å². The molecule has 3 aromatic rings. The summed E-state index contributed by atoms with van der Waals surface area (Å²) in [5.41, 5.74) is 1.70. The number of carbonyl (C=O) groups is 1. The molecule has 0 saturated heterocycles. The average Bonchev–Trinajstić information content (AvgIpc) is 3.31. The zero-order chi connectivity index (χ0) is 21.6. The van der Waals surface area contributed by atoms with Gasteiger partial charge in [-0.1, -0.05) is 72.2 Å². The summed E-state index contributed by atoms with van der Waals surface area (Å²) in [4.78, 5) is 16.0. The van der Waals surface area contributed by atoms with Gasteiger partial charge in [0.2, 0.25) is 6.23 Å². The molecule has 0 fully saturated rings. The number of aromatic nitrogens is 3. The van der Waals surface area contributed by atoms with Crippen LogP contribution < -0.4 is 4.74 Å². The molecule has 0 saturated carbocycles. The van der Waals surface area contributed by atoms with Crippen LogP contribution in [0.25, 0.3) is 11.1 Å². The van der Waals surface area contributed by atoms with E-state index in [1.807, 2.05) is 68.4 Å². The zero-order valence-electron chi connectivity index (χ0n) is 17.1. The van der Waals surface area contributed by atoms with Crippen LogP contribution in [0.4, 0.5) is 4.79 Å². The Hall–Kier alpha value is -2.87. The maximum absolute atomic E-state index is 12.0. The van der Waals surface area contributed by atoms with Crippen molar-refractivity contribution < 1.29 is 19.0 Å². The van der Waals surface area contributed by atoms with E-state index in [2.05, 4.69) is 26.0 Å². The van der Waals surface area contributed by atoms with Gasteiger partial charge in [-0.2, -0.15) is 5.10 Å². The lowest BCUT2D eigenvalue weighted by atomic mass is 9.87. The van der Waals surface area contributed by atoms with E-state index in [1.165, 1.54) is 24.4 Å². The summed E-state index contributed by atoms with van der Waals surface area (Å²) >= 11 is 3.50. The fraction of sp³-hybridized carbons (Fsp3) is 0.318. The summed E-state index contributed by atoms with van der Waals surface area (Å²) in [6, 6.07) is 17.8. The number of alkyl halides is 1. The van der Waals surface area contributed by atoms with Crippen LogP contribution in [0.15, 0.2) is 67.3 Å². The van der Waals surface area contributed by atoms with Crippen molar-refractivity contribution in [3.05, 3.63) is 67.3 Å². The highest BCUT2D eigenvalue weighted by atomic mass is 79.9. The highest BCUT2D eigenvalue weighted by Crippen LogP contribution is 2.35. The Morgan fingerprint density at radius 2 is 1.77 bits per heavy atom. The molecule has 0 aliphatic carbocycles. The van der Waals surface area contributed by atoms with Gasteiger partial charge < -0.3 is 14.2 Å². The van der Waals surface area contributed by atoms with Gasteiger partial charge in [0.15, 0.2) is 6.10 Å². The number of carbonyl (C=O) groups excluding carboxylic acids is 1. The van der Waals surface area contributed by atoms with Gasteiger partial charge in [0.1, 0.15) is 18.4 Å². The van der Waals surface area contributed by atoms with Crippen molar-refractivity contribution in [3.63, 3.8) is 0 Å². The van der Waals surface area contributed by atoms with Crippen molar-refractivity contribution in [2.24, 2.45) is 5.41 Å². The lowest BCUT2D eigenvalue weighted by molar-refractivity contribution is -0.0935. The SMILES string of the molecule is COC(=O)OC(C(Oc1ccc(-c2ccccc2)cc1)n1cncn1)C(C)(C)CBr. The summed E-state index contributed by atoms with van der Waals surface area (Å²) < 4.78 is 18.1. The Labute approximate surface area is 184 Å². The molecular formula is C22H24BrN3O4. The second kappa shape index (κ2) is 9.75. The Balaban J connectivity index is 1.91. The highest BCUT2D eigenvalue weighted by molar-refractivity contribution is 9.09.